The van der Waals surface area contributed by atoms with E-state index in [0.29, 0.717) is 11.8 Å². The lowest BCUT2D eigenvalue weighted by atomic mass is 9.96. The van der Waals surface area contributed by atoms with E-state index in [0.717, 1.165) is 39.3 Å². The Bertz CT molecular complexity index is 676. The molecule has 0 amide bonds. The first kappa shape index (κ1) is 18.3. The third-order valence-electron chi connectivity index (χ3n) is 5.33. The van der Waals surface area contributed by atoms with Gasteiger partial charge in [0.2, 0.25) is 0 Å². The average Bonchev–Trinajstić information content (AvgIpc) is 3.01. The van der Waals surface area contributed by atoms with Crippen LogP contribution in [0.5, 0.6) is 0 Å². The molecule has 4 nitrogen and oxygen atoms in total. The number of fused-ring (bicyclic) bond motifs is 1. The van der Waals surface area contributed by atoms with Crippen LogP contribution in [0.4, 0.5) is 0 Å². The molecule has 2 aromatic rings. The third kappa shape index (κ3) is 4.79. The Labute approximate surface area is 151 Å². The van der Waals surface area contributed by atoms with Gasteiger partial charge in [-0.25, -0.2) is 0 Å². The van der Waals surface area contributed by atoms with Crippen molar-refractivity contribution in [1.29, 1.82) is 0 Å². The second-order valence-corrected chi connectivity index (χ2v) is 7.33. The number of ether oxygens (including phenoxy) is 1. The predicted molar refractivity (Wildman–Crippen MR) is 103 cm³/mol. The van der Waals surface area contributed by atoms with Crippen molar-refractivity contribution in [1.82, 2.24) is 9.80 Å². The fraction of sp³-hybridized carbons (Fsp3) is 0.524. The standard InChI is InChI=1S/C21H30N2O2/c1-22(9-10-25-2)13-20-14-23(15-21(20)16-24)12-17-7-8-18-5-3-4-6-19(18)11-17/h3-8,11,20-21,24H,9-10,12-16H2,1-2H3/t20-,21-/m1/s1. The van der Waals surface area contributed by atoms with Gasteiger partial charge in [0.05, 0.1) is 6.61 Å². The van der Waals surface area contributed by atoms with Crippen molar-refractivity contribution in [3.8, 4) is 0 Å². The van der Waals surface area contributed by atoms with E-state index >= 15 is 0 Å². The summed E-state index contributed by atoms with van der Waals surface area (Å²) >= 11 is 0. The van der Waals surface area contributed by atoms with E-state index in [1.807, 2.05) is 0 Å². The minimum absolute atomic E-state index is 0.275. The Balaban J connectivity index is 1.60. The summed E-state index contributed by atoms with van der Waals surface area (Å²) in [5.74, 6) is 0.887. The minimum Gasteiger partial charge on any atom is -0.396 e. The van der Waals surface area contributed by atoms with Crippen molar-refractivity contribution in [2.45, 2.75) is 6.54 Å². The van der Waals surface area contributed by atoms with Crippen LogP contribution in [0.25, 0.3) is 10.8 Å². The maximum absolute atomic E-state index is 9.78. The molecule has 136 valence electrons. The number of likely N-dealkylation sites (tertiary alicyclic amines) is 1. The third-order valence-corrected chi connectivity index (χ3v) is 5.33. The summed E-state index contributed by atoms with van der Waals surface area (Å²) in [6.45, 7) is 5.98. The molecule has 1 fully saturated rings. The molecule has 1 aliphatic heterocycles. The average molecular weight is 342 g/mol. The van der Waals surface area contributed by atoms with E-state index < -0.39 is 0 Å². The lowest BCUT2D eigenvalue weighted by molar-refractivity contribution is 0.136. The summed E-state index contributed by atoms with van der Waals surface area (Å²) in [5, 5.41) is 12.4. The summed E-state index contributed by atoms with van der Waals surface area (Å²) in [6, 6.07) is 15.2. The van der Waals surface area contributed by atoms with Crippen LogP contribution in [0.1, 0.15) is 5.56 Å². The quantitative estimate of drug-likeness (QED) is 0.799. The fourth-order valence-electron chi connectivity index (χ4n) is 3.91. The number of nitrogens with zero attached hydrogens (tertiary/aromatic N) is 2. The van der Waals surface area contributed by atoms with Crippen LogP contribution < -0.4 is 0 Å². The van der Waals surface area contributed by atoms with Gasteiger partial charge < -0.3 is 14.7 Å². The topological polar surface area (TPSA) is 35.9 Å². The van der Waals surface area contributed by atoms with Gasteiger partial charge in [-0.15, -0.1) is 0 Å². The van der Waals surface area contributed by atoms with Crippen LogP contribution in [-0.2, 0) is 11.3 Å². The van der Waals surface area contributed by atoms with E-state index in [2.05, 4.69) is 59.3 Å². The lowest BCUT2D eigenvalue weighted by Crippen LogP contribution is -2.33. The lowest BCUT2D eigenvalue weighted by Gasteiger charge is -2.23. The zero-order valence-corrected chi connectivity index (χ0v) is 15.4. The summed E-state index contributed by atoms with van der Waals surface area (Å²) < 4.78 is 5.16. The van der Waals surface area contributed by atoms with Gasteiger partial charge in [0.15, 0.2) is 0 Å². The first-order chi connectivity index (χ1) is 12.2. The van der Waals surface area contributed by atoms with Crippen molar-refractivity contribution in [3.05, 3.63) is 48.0 Å². The van der Waals surface area contributed by atoms with Crippen LogP contribution in [-0.4, -0.2) is 68.5 Å². The van der Waals surface area contributed by atoms with E-state index in [9.17, 15) is 5.11 Å². The van der Waals surface area contributed by atoms with Gasteiger partial charge in [-0.05, 0) is 41.3 Å². The maximum Gasteiger partial charge on any atom is 0.0589 e. The highest BCUT2D eigenvalue weighted by Gasteiger charge is 2.32. The molecule has 3 rings (SSSR count). The van der Waals surface area contributed by atoms with Crippen molar-refractivity contribution in [2.24, 2.45) is 11.8 Å². The Kier molecular flexibility index (Phi) is 6.43. The minimum atomic E-state index is 0.275. The van der Waals surface area contributed by atoms with E-state index in [1.165, 1.54) is 16.3 Å². The van der Waals surface area contributed by atoms with E-state index in [4.69, 9.17) is 4.74 Å². The zero-order chi connectivity index (χ0) is 17.6. The number of aliphatic hydroxyl groups is 1. The highest BCUT2D eigenvalue weighted by atomic mass is 16.5. The van der Waals surface area contributed by atoms with E-state index in [-0.39, 0.29) is 6.61 Å². The molecule has 4 heteroatoms. The summed E-state index contributed by atoms with van der Waals surface area (Å²) in [7, 11) is 3.88. The molecule has 1 heterocycles. The van der Waals surface area contributed by atoms with Crippen molar-refractivity contribution < 1.29 is 9.84 Å². The Morgan fingerprint density at radius 3 is 2.64 bits per heavy atom. The second-order valence-electron chi connectivity index (χ2n) is 7.33. The predicted octanol–water partition coefficient (Wildman–Crippen LogP) is 2.46. The molecule has 1 N–H and O–H groups in total. The monoisotopic (exact) mass is 342 g/mol. The second kappa shape index (κ2) is 8.77. The summed E-state index contributed by atoms with van der Waals surface area (Å²) in [6.07, 6.45) is 0. The van der Waals surface area contributed by atoms with Crippen molar-refractivity contribution in [3.63, 3.8) is 0 Å². The molecule has 0 saturated carbocycles. The number of hydrogen-bond acceptors (Lipinski definition) is 4. The van der Waals surface area contributed by atoms with Gasteiger partial charge >= 0.3 is 0 Å². The van der Waals surface area contributed by atoms with Crippen LogP contribution in [0.2, 0.25) is 0 Å². The Morgan fingerprint density at radius 1 is 1.12 bits per heavy atom. The number of aliphatic hydroxyl groups excluding tert-OH is 1. The van der Waals surface area contributed by atoms with Gasteiger partial charge in [0.25, 0.3) is 0 Å². The molecule has 1 saturated heterocycles. The Morgan fingerprint density at radius 2 is 1.88 bits per heavy atom. The summed E-state index contributed by atoms with van der Waals surface area (Å²) in [5.41, 5.74) is 1.35. The Hall–Kier alpha value is -1.46. The zero-order valence-electron chi connectivity index (χ0n) is 15.4. The van der Waals surface area contributed by atoms with Crippen LogP contribution in [0, 0.1) is 11.8 Å². The molecule has 25 heavy (non-hydrogen) atoms. The molecule has 2 atom stereocenters. The van der Waals surface area contributed by atoms with Crippen LogP contribution >= 0.6 is 0 Å². The maximum atomic E-state index is 9.78. The highest BCUT2D eigenvalue weighted by Crippen LogP contribution is 2.26. The highest BCUT2D eigenvalue weighted by molar-refractivity contribution is 5.82. The molecular weight excluding hydrogens is 312 g/mol. The molecule has 2 aromatic carbocycles. The first-order valence-corrected chi connectivity index (χ1v) is 9.18. The number of hydrogen-bond donors (Lipinski definition) is 1. The molecule has 0 unspecified atom stereocenters. The fourth-order valence-corrected chi connectivity index (χ4v) is 3.91. The molecule has 1 aliphatic rings. The summed E-state index contributed by atoms with van der Waals surface area (Å²) in [4.78, 5) is 4.80. The number of benzene rings is 2. The molecular formula is C21H30N2O2. The number of rotatable bonds is 8. The number of likely N-dealkylation sites (N-methyl/N-ethyl adjacent to an activating group) is 1. The van der Waals surface area contributed by atoms with Crippen LogP contribution in [0.3, 0.4) is 0 Å². The number of methoxy groups -OCH3 is 1. The van der Waals surface area contributed by atoms with Gasteiger partial charge in [0.1, 0.15) is 0 Å². The van der Waals surface area contributed by atoms with Crippen molar-refractivity contribution >= 4 is 10.8 Å². The van der Waals surface area contributed by atoms with E-state index in [1.54, 1.807) is 7.11 Å². The van der Waals surface area contributed by atoms with Gasteiger partial charge in [0, 0.05) is 46.4 Å². The normalized spacial score (nSPS) is 21.4. The van der Waals surface area contributed by atoms with Gasteiger partial charge in [-0.2, -0.15) is 0 Å². The van der Waals surface area contributed by atoms with Gasteiger partial charge in [-0.3, -0.25) is 4.90 Å². The molecule has 0 aromatic heterocycles. The molecule has 0 spiro atoms. The largest absolute Gasteiger partial charge is 0.396 e. The van der Waals surface area contributed by atoms with Crippen molar-refractivity contribution in [2.75, 3.05) is 53.6 Å². The van der Waals surface area contributed by atoms with Crippen LogP contribution in [0.15, 0.2) is 42.5 Å². The molecule has 0 radical (unpaired) electrons. The molecule has 0 bridgehead atoms. The smallest absolute Gasteiger partial charge is 0.0589 e. The first-order valence-electron chi connectivity index (χ1n) is 9.18. The molecule has 0 aliphatic carbocycles. The van der Waals surface area contributed by atoms with Gasteiger partial charge in [-0.1, -0.05) is 36.4 Å². The SMILES string of the molecule is COCCN(C)C[C@@H]1CN(Cc2ccc3ccccc3c2)C[C@@H]1CO.